The zero-order valence-corrected chi connectivity index (χ0v) is 31.8. The van der Waals surface area contributed by atoms with Crippen molar-refractivity contribution in [2.45, 2.75) is 30.5 Å². The van der Waals surface area contributed by atoms with Gasteiger partial charge < -0.3 is 9.32 Å². The summed E-state index contributed by atoms with van der Waals surface area (Å²) < 4.78 is 9.21. The summed E-state index contributed by atoms with van der Waals surface area (Å²) in [5, 5.41) is 16.3. The monoisotopic (exact) mass is 754 g/mol. The van der Waals surface area contributed by atoms with Crippen LogP contribution in [0.5, 0.6) is 0 Å². The van der Waals surface area contributed by atoms with E-state index in [1.807, 2.05) is 11.3 Å². The van der Waals surface area contributed by atoms with Crippen molar-refractivity contribution in [3.05, 3.63) is 204 Å². The summed E-state index contributed by atoms with van der Waals surface area (Å²) in [7, 11) is 0. The molecule has 4 atom stereocenters. The molecular formula is C51H38N4OS. The lowest BCUT2D eigenvalue weighted by Gasteiger charge is -2.39. The fraction of sp³-hybridized carbons (Fsp3) is 0.0980. The topological polar surface area (TPSA) is 52.5 Å². The second kappa shape index (κ2) is 13.2. The molecule has 4 unspecified atom stereocenters. The number of fused-ring (bicyclic) bond motifs is 9. The number of furan rings is 1. The van der Waals surface area contributed by atoms with E-state index in [1.165, 1.54) is 59.2 Å². The Morgan fingerprint density at radius 2 is 1.23 bits per heavy atom. The number of rotatable bonds is 5. The number of anilines is 2. The van der Waals surface area contributed by atoms with Gasteiger partial charge in [-0.25, -0.2) is 0 Å². The van der Waals surface area contributed by atoms with Gasteiger partial charge in [-0.15, -0.1) is 11.3 Å². The predicted molar refractivity (Wildman–Crippen MR) is 236 cm³/mol. The summed E-state index contributed by atoms with van der Waals surface area (Å²) in [5.74, 6) is 0.344. The normalized spacial score (nSPS) is 21.5. The SMILES string of the molecule is C1=CC2c3ccccc3N(c3ccc4c(c3)oc3cccc(-c5ccc6c(c5)sc5ccc(C7NC(c8ccccc8)NC(c8ccccc8)N7)cc56)c34)C2C=C1. The fourth-order valence-corrected chi connectivity index (χ4v) is 10.6. The highest BCUT2D eigenvalue weighted by Gasteiger charge is 2.37. The number of para-hydroxylation sites is 1. The van der Waals surface area contributed by atoms with Crippen molar-refractivity contribution in [3.8, 4) is 11.1 Å². The molecule has 3 aliphatic rings. The van der Waals surface area contributed by atoms with Gasteiger partial charge in [-0.1, -0.05) is 133 Å². The van der Waals surface area contributed by atoms with E-state index in [-0.39, 0.29) is 24.5 Å². The van der Waals surface area contributed by atoms with Crippen molar-refractivity contribution in [1.82, 2.24) is 16.0 Å². The molecule has 1 saturated heterocycles. The molecule has 0 amide bonds. The van der Waals surface area contributed by atoms with Crippen LogP contribution in [0.1, 0.15) is 46.7 Å². The van der Waals surface area contributed by atoms with Gasteiger partial charge in [0.05, 0.1) is 24.5 Å². The maximum absolute atomic E-state index is 6.64. The van der Waals surface area contributed by atoms with E-state index < -0.39 is 0 Å². The Labute approximate surface area is 334 Å². The van der Waals surface area contributed by atoms with E-state index in [2.05, 4.69) is 203 Å². The molecule has 2 aliphatic heterocycles. The Hall–Kier alpha value is -6.28. The molecule has 0 bridgehead atoms. The van der Waals surface area contributed by atoms with E-state index >= 15 is 0 Å². The number of nitrogens with one attached hydrogen (secondary N) is 3. The number of benzene rings is 7. The van der Waals surface area contributed by atoms with Gasteiger partial charge in [0.2, 0.25) is 0 Å². The van der Waals surface area contributed by atoms with Gasteiger partial charge in [-0.3, -0.25) is 16.0 Å². The average molecular weight is 755 g/mol. The van der Waals surface area contributed by atoms with Crippen LogP contribution in [0.4, 0.5) is 11.4 Å². The summed E-state index contributed by atoms with van der Waals surface area (Å²) in [5.41, 5.74) is 11.6. The summed E-state index contributed by atoms with van der Waals surface area (Å²) in [4.78, 5) is 2.47. The van der Waals surface area contributed by atoms with Crippen LogP contribution in [0.2, 0.25) is 0 Å². The number of nitrogens with zero attached hydrogens (tertiary/aromatic N) is 1. The smallest absolute Gasteiger partial charge is 0.137 e. The minimum atomic E-state index is -0.0506. The Balaban J connectivity index is 0.901. The van der Waals surface area contributed by atoms with Crippen molar-refractivity contribution in [2.75, 3.05) is 4.90 Å². The van der Waals surface area contributed by atoms with Crippen molar-refractivity contribution >= 4 is 64.8 Å². The summed E-state index contributed by atoms with van der Waals surface area (Å²) >= 11 is 1.86. The molecule has 3 N–H and O–H groups in total. The second-order valence-electron chi connectivity index (χ2n) is 15.4. The molecule has 1 fully saturated rings. The van der Waals surface area contributed by atoms with Crippen molar-refractivity contribution < 1.29 is 4.42 Å². The zero-order chi connectivity index (χ0) is 37.5. The van der Waals surface area contributed by atoms with Gasteiger partial charge in [-0.05, 0) is 75.8 Å². The molecule has 12 rings (SSSR count). The maximum Gasteiger partial charge on any atom is 0.137 e. The van der Waals surface area contributed by atoms with Crippen LogP contribution in [0, 0.1) is 0 Å². The molecule has 5 nitrogen and oxygen atoms in total. The zero-order valence-electron chi connectivity index (χ0n) is 31.0. The highest BCUT2D eigenvalue weighted by molar-refractivity contribution is 7.25. The van der Waals surface area contributed by atoms with Gasteiger partial charge in [-0.2, -0.15) is 0 Å². The third kappa shape index (κ3) is 5.41. The quantitative estimate of drug-likeness (QED) is 0.163. The standard InChI is InChI=1S/C51H38N4OS/c1-3-12-31(13-4-1)49-52-50(32-14-5-2-6-15-32)54-51(53-49)34-23-27-46-41(28-34)39-25-22-33(29-47(39)57-46)36-18-11-21-44-48(36)40-26-24-35(30-45(40)56-44)55-42-19-9-7-16-37(42)38-17-8-10-20-43(38)55/h1-30,37,42,49-54H. The van der Waals surface area contributed by atoms with Gasteiger partial charge in [0.1, 0.15) is 11.2 Å². The van der Waals surface area contributed by atoms with Crippen LogP contribution in [-0.4, -0.2) is 6.04 Å². The summed E-state index contributed by atoms with van der Waals surface area (Å²) in [6, 6.07) is 57.4. The lowest BCUT2D eigenvalue weighted by molar-refractivity contribution is 0.203. The molecule has 4 heterocycles. The van der Waals surface area contributed by atoms with Gasteiger partial charge in [0.15, 0.2) is 0 Å². The molecule has 9 aromatic rings. The first-order chi connectivity index (χ1) is 28.2. The average Bonchev–Trinajstić information content (AvgIpc) is 3.95. The molecule has 0 saturated carbocycles. The van der Waals surface area contributed by atoms with Crippen LogP contribution in [-0.2, 0) is 0 Å². The van der Waals surface area contributed by atoms with E-state index in [9.17, 15) is 0 Å². The van der Waals surface area contributed by atoms with Crippen molar-refractivity contribution in [3.63, 3.8) is 0 Å². The van der Waals surface area contributed by atoms with Crippen LogP contribution in [0.3, 0.4) is 0 Å². The van der Waals surface area contributed by atoms with E-state index in [0.29, 0.717) is 5.92 Å². The van der Waals surface area contributed by atoms with Gasteiger partial charge >= 0.3 is 0 Å². The molecular weight excluding hydrogens is 717 g/mol. The van der Waals surface area contributed by atoms with Crippen LogP contribution >= 0.6 is 11.3 Å². The Morgan fingerprint density at radius 3 is 2.04 bits per heavy atom. The number of thiophene rings is 1. The first kappa shape index (κ1) is 32.9. The molecule has 1 aliphatic carbocycles. The first-order valence-corrected chi connectivity index (χ1v) is 20.6. The lowest BCUT2D eigenvalue weighted by Crippen LogP contribution is -2.54. The highest BCUT2D eigenvalue weighted by atomic mass is 32.1. The maximum atomic E-state index is 6.64. The molecule has 6 heteroatoms. The molecule has 2 aromatic heterocycles. The van der Waals surface area contributed by atoms with Crippen LogP contribution < -0.4 is 20.9 Å². The third-order valence-corrected chi connectivity index (χ3v) is 13.3. The molecule has 7 aromatic carbocycles. The summed E-state index contributed by atoms with van der Waals surface area (Å²) in [6.07, 6.45) is 8.92. The molecule has 0 radical (unpaired) electrons. The highest BCUT2D eigenvalue weighted by Crippen LogP contribution is 2.49. The lowest BCUT2D eigenvalue weighted by atomic mass is 9.91. The third-order valence-electron chi connectivity index (χ3n) is 12.1. The van der Waals surface area contributed by atoms with Gasteiger partial charge in [0.25, 0.3) is 0 Å². The van der Waals surface area contributed by atoms with E-state index in [0.717, 1.165) is 27.6 Å². The van der Waals surface area contributed by atoms with Crippen molar-refractivity contribution in [1.29, 1.82) is 0 Å². The van der Waals surface area contributed by atoms with Crippen LogP contribution in [0.25, 0.3) is 53.2 Å². The van der Waals surface area contributed by atoms with E-state index in [1.54, 1.807) is 0 Å². The molecule has 57 heavy (non-hydrogen) atoms. The minimum Gasteiger partial charge on any atom is -0.456 e. The Morgan fingerprint density at radius 1 is 0.509 bits per heavy atom. The second-order valence-corrected chi connectivity index (χ2v) is 16.4. The first-order valence-electron chi connectivity index (χ1n) is 19.8. The fourth-order valence-electron chi connectivity index (χ4n) is 9.45. The van der Waals surface area contributed by atoms with Crippen LogP contribution in [0.15, 0.2) is 186 Å². The number of allylic oxidation sites excluding steroid dienone is 2. The summed E-state index contributed by atoms with van der Waals surface area (Å²) in [6.45, 7) is 0. The Kier molecular flexibility index (Phi) is 7.60. The Bertz CT molecular complexity index is 3010. The predicted octanol–water partition coefficient (Wildman–Crippen LogP) is 12.5. The minimum absolute atomic E-state index is 0.0100. The number of hydrogen-bond donors (Lipinski definition) is 3. The van der Waals surface area contributed by atoms with E-state index in [4.69, 9.17) is 4.42 Å². The van der Waals surface area contributed by atoms with Crippen molar-refractivity contribution in [2.24, 2.45) is 0 Å². The van der Waals surface area contributed by atoms with Gasteiger partial charge in [0, 0.05) is 54.3 Å². The molecule has 0 spiro atoms. The number of hydrogen-bond acceptors (Lipinski definition) is 6. The largest absolute Gasteiger partial charge is 0.456 e. The molecule has 274 valence electrons.